The van der Waals surface area contributed by atoms with Crippen LogP contribution in [0, 0.1) is 5.82 Å². The van der Waals surface area contributed by atoms with Crippen molar-refractivity contribution in [2.75, 3.05) is 46.5 Å². The number of nitrogens with zero attached hydrogens (tertiary/aromatic N) is 2. The van der Waals surface area contributed by atoms with E-state index < -0.39 is 0 Å². The second-order valence-corrected chi connectivity index (χ2v) is 7.99. The predicted octanol–water partition coefficient (Wildman–Crippen LogP) is 4.23. The summed E-state index contributed by atoms with van der Waals surface area (Å²) < 4.78 is 30.4. The number of piperidine rings is 1. The molecule has 0 saturated carbocycles. The molecule has 1 aromatic carbocycles. The number of nitrogens with one attached hydrogen (secondary N) is 1. The Bertz CT molecular complexity index is 633. The van der Waals surface area contributed by atoms with Gasteiger partial charge in [-0.2, -0.15) is 0 Å². The molecule has 176 valence electrons. The van der Waals surface area contributed by atoms with Crippen molar-refractivity contribution in [3.8, 4) is 5.75 Å². The quantitative estimate of drug-likeness (QED) is 0.216. The molecule has 2 saturated heterocycles. The van der Waals surface area contributed by atoms with E-state index in [-0.39, 0.29) is 29.8 Å². The topological polar surface area (TPSA) is 55.3 Å². The molecule has 6 nitrogen and oxygen atoms in total. The van der Waals surface area contributed by atoms with E-state index in [1.54, 1.807) is 12.1 Å². The Hall–Kier alpha value is -1.13. The first-order valence-corrected chi connectivity index (χ1v) is 11.3. The zero-order valence-electron chi connectivity index (χ0n) is 18.6. The lowest BCUT2D eigenvalue weighted by Gasteiger charge is -2.35. The van der Waals surface area contributed by atoms with Gasteiger partial charge in [-0.25, -0.2) is 4.39 Å². The van der Waals surface area contributed by atoms with Crippen LogP contribution in [0.25, 0.3) is 0 Å². The number of aliphatic imine (C=N–C) groups is 1. The van der Waals surface area contributed by atoms with Crippen LogP contribution < -0.4 is 10.1 Å². The fourth-order valence-corrected chi connectivity index (χ4v) is 3.90. The summed E-state index contributed by atoms with van der Waals surface area (Å²) in [4.78, 5) is 6.75. The lowest BCUT2D eigenvalue weighted by atomic mass is 10.1. The maximum Gasteiger partial charge on any atom is 0.193 e. The second-order valence-electron chi connectivity index (χ2n) is 7.99. The predicted molar refractivity (Wildman–Crippen MR) is 132 cm³/mol. The van der Waals surface area contributed by atoms with Gasteiger partial charge in [-0.1, -0.05) is 0 Å². The minimum Gasteiger partial charge on any atom is -0.494 e. The van der Waals surface area contributed by atoms with Crippen molar-refractivity contribution in [2.45, 2.75) is 57.2 Å². The summed E-state index contributed by atoms with van der Waals surface area (Å²) in [6.45, 7) is 5.02. The molecule has 1 atom stereocenters. The largest absolute Gasteiger partial charge is 0.494 e. The second kappa shape index (κ2) is 14.8. The lowest BCUT2D eigenvalue weighted by Crippen LogP contribution is -2.47. The minimum absolute atomic E-state index is 0. The summed E-state index contributed by atoms with van der Waals surface area (Å²) in [6, 6.07) is 6.15. The Kier molecular flexibility index (Phi) is 12.5. The first kappa shape index (κ1) is 26.1. The number of guanidine groups is 1. The van der Waals surface area contributed by atoms with Crippen LogP contribution in [0.15, 0.2) is 29.3 Å². The molecule has 0 bridgehead atoms. The van der Waals surface area contributed by atoms with Gasteiger partial charge in [0.2, 0.25) is 0 Å². The van der Waals surface area contributed by atoms with Crippen LogP contribution in [-0.2, 0) is 9.47 Å². The highest BCUT2D eigenvalue weighted by Gasteiger charge is 2.23. The average molecular weight is 549 g/mol. The fraction of sp³-hybridized carbons (Fsp3) is 0.696. The van der Waals surface area contributed by atoms with Crippen LogP contribution in [0.3, 0.4) is 0 Å². The van der Waals surface area contributed by atoms with Crippen molar-refractivity contribution in [1.29, 1.82) is 0 Å². The Balaban J connectivity index is 0.00000341. The van der Waals surface area contributed by atoms with Gasteiger partial charge in [0, 0.05) is 33.3 Å². The highest BCUT2D eigenvalue weighted by molar-refractivity contribution is 14.0. The fourth-order valence-electron chi connectivity index (χ4n) is 3.90. The number of unbranched alkanes of at least 4 members (excludes halogenated alkanes) is 1. The van der Waals surface area contributed by atoms with Gasteiger partial charge >= 0.3 is 0 Å². The van der Waals surface area contributed by atoms with Crippen molar-refractivity contribution < 1.29 is 18.6 Å². The van der Waals surface area contributed by atoms with E-state index in [0.717, 1.165) is 70.9 Å². The Morgan fingerprint density at radius 3 is 2.61 bits per heavy atom. The first-order chi connectivity index (χ1) is 14.7. The third-order valence-electron chi connectivity index (χ3n) is 5.68. The molecule has 1 aromatic rings. The molecule has 0 spiro atoms. The Morgan fingerprint density at radius 2 is 1.94 bits per heavy atom. The van der Waals surface area contributed by atoms with Crippen LogP contribution >= 0.6 is 24.0 Å². The van der Waals surface area contributed by atoms with E-state index in [2.05, 4.69) is 15.2 Å². The molecule has 0 amide bonds. The average Bonchev–Trinajstić information content (AvgIpc) is 2.80. The maximum atomic E-state index is 12.9. The van der Waals surface area contributed by atoms with E-state index in [4.69, 9.17) is 14.2 Å². The molecular formula is C23H37FIN3O3. The van der Waals surface area contributed by atoms with E-state index in [1.807, 2.05) is 7.05 Å². The monoisotopic (exact) mass is 549 g/mol. The SMILES string of the molecule is CN=C(NCCCCOc1ccc(F)cc1)N1CCC(OCC2CCCCO2)CC1.I. The normalized spacial score (nSPS) is 20.3. The van der Waals surface area contributed by atoms with Crippen molar-refractivity contribution in [3.05, 3.63) is 30.1 Å². The van der Waals surface area contributed by atoms with E-state index in [9.17, 15) is 4.39 Å². The molecule has 8 heteroatoms. The zero-order chi connectivity index (χ0) is 21.0. The number of hydrogen-bond acceptors (Lipinski definition) is 4. The molecule has 0 aromatic heterocycles. The van der Waals surface area contributed by atoms with Crippen LogP contribution in [0.4, 0.5) is 4.39 Å². The lowest BCUT2D eigenvalue weighted by molar-refractivity contribution is -0.0721. The molecule has 0 radical (unpaired) electrons. The molecule has 0 aliphatic carbocycles. The van der Waals surface area contributed by atoms with Gasteiger partial charge in [-0.3, -0.25) is 4.99 Å². The molecule has 1 N–H and O–H groups in total. The third kappa shape index (κ3) is 9.49. The zero-order valence-corrected chi connectivity index (χ0v) is 20.9. The third-order valence-corrected chi connectivity index (χ3v) is 5.68. The highest BCUT2D eigenvalue weighted by atomic mass is 127. The summed E-state index contributed by atoms with van der Waals surface area (Å²) in [5.74, 6) is 1.43. The number of rotatable bonds is 9. The van der Waals surface area contributed by atoms with Gasteiger partial charge in [-0.05, 0) is 69.2 Å². The number of benzene rings is 1. The summed E-state index contributed by atoms with van der Waals surface area (Å²) in [6.07, 6.45) is 8.16. The van der Waals surface area contributed by atoms with Gasteiger partial charge in [0.15, 0.2) is 5.96 Å². The standard InChI is InChI=1S/C23H36FN3O3.HI/c1-25-23(26-13-3-5-17-28-20-9-7-19(24)8-10-20)27-14-11-21(12-15-27)30-18-22-6-2-4-16-29-22;/h7-10,21-22H,2-6,11-18H2,1H3,(H,25,26);1H. The number of halogens is 2. The Morgan fingerprint density at radius 1 is 1.16 bits per heavy atom. The van der Waals surface area contributed by atoms with Gasteiger partial charge in [-0.15, -0.1) is 24.0 Å². The summed E-state index contributed by atoms with van der Waals surface area (Å²) in [5, 5.41) is 3.45. The molecule has 2 heterocycles. The molecule has 2 aliphatic heterocycles. The first-order valence-electron chi connectivity index (χ1n) is 11.3. The maximum absolute atomic E-state index is 12.9. The minimum atomic E-state index is -0.244. The van der Waals surface area contributed by atoms with E-state index in [0.29, 0.717) is 24.6 Å². The van der Waals surface area contributed by atoms with Crippen molar-refractivity contribution >= 4 is 29.9 Å². The molecule has 31 heavy (non-hydrogen) atoms. The summed E-state index contributed by atoms with van der Waals surface area (Å²) >= 11 is 0. The van der Waals surface area contributed by atoms with Gasteiger partial charge in [0.1, 0.15) is 11.6 Å². The van der Waals surface area contributed by atoms with Crippen LogP contribution in [0.2, 0.25) is 0 Å². The van der Waals surface area contributed by atoms with Crippen molar-refractivity contribution in [2.24, 2.45) is 4.99 Å². The van der Waals surface area contributed by atoms with Gasteiger partial charge < -0.3 is 24.4 Å². The number of hydrogen-bond donors (Lipinski definition) is 1. The van der Waals surface area contributed by atoms with Gasteiger partial charge in [0.25, 0.3) is 0 Å². The van der Waals surface area contributed by atoms with Crippen molar-refractivity contribution in [3.63, 3.8) is 0 Å². The smallest absolute Gasteiger partial charge is 0.193 e. The Labute approximate surface area is 202 Å². The molecule has 2 aliphatic rings. The van der Waals surface area contributed by atoms with E-state index in [1.165, 1.54) is 25.0 Å². The molecule has 1 unspecified atom stereocenters. The molecule has 3 rings (SSSR count). The molecular weight excluding hydrogens is 512 g/mol. The van der Waals surface area contributed by atoms with Crippen LogP contribution in [-0.4, -0.2) is 69.6 Å². The van der Waals surface area contributed by atoms with Crippen LogP contribution in [0.5, 0.6) is 5.75 Å². The van der Waals surface area contributed by atoms with Gasteiger partial charge in [0.05, 0.1) is 25.4 Å². The molecule has 2 fully saturated rings. The highest BCUT2D eigenvalue weighted by Crippen LogP contribution is 2.18. The number of likely N-dealkylation sites (tertiary alicyclic amines) is 1. The van der Waals surface area contributed by atoms with Crippen LogP contribution in [0.1, 0.15) is 44.9 Å². The summed E-state index contributed by atoms with van der Waals surface area (Å²) in [7, 11) is 1.84. The summed E-state index contributed by atoms with van der Waals surface area (Å²) in [5.41, 5.74) is 0. The number of ether oxygens (including phenoxy) is 3. The van der Waals surface area contributed by atoms with Crippen molar-refractivity contribution in [1.82, 2.24) is 10.2 Å². The van der Waals surface area contributed by atoms with E-state index >= 15 is 0 Å².